The van der Waals surface area contributed by atoms with Gasteiger partial charge in [0.15, 0.2) is 0 Å². The lowest BCUT2D eigenvalue weighted by Crippen LogP contribution is -2.29. The molecule has 0 aliphatic heterocycles. The lowest BCUT2D eigenvalue weighted by molar-refractivity contribution is 0.251. The highest BCUT2D eigenvalue weighted by Crippen LogP contribution is 2.19. The highest BCUT2D eigenvalue weighted by atomic mass is 35.5. The van der Waals surface area contributed by atoms with Crippen LogP contribution in [0.15, 0.2) is 60.8 Å². The molecular formula is C19H16ClF2N3O. The van der Waals surface area contributed by atoms with Crippen molar-refractivity contribution in [2.24, 2.45) is 0 Å². The van der Waals surface area contributed by atoms with Gasteiger partial charge in [-0.3, -0.25) is 0 Å². The van der Waals surface area contributed by atoms with Crippen molar-refractivity contribution in [3.8, 4) is 0 Å². The minimum Gasteiger partial charge on any atom is -0.345 e. The number of hydrogen-bond acceptors (Lipinski definition) is 1. The van der Waals surface area contributed by atoms with Crippen LogP contribution in [-0.2, 0) is 13.1 Å². The fourth-order valence-electron chi connectivity index (χ4n) is 2.47. The van der Waals surface area contributed by atoms with Gasteiger partial charge in [-0.05, 0) is 48.0 Å². The van der Waals surface area contributed by atoms with Crippen LogP contribution in [-0.4, -0.2) is 10.6 Å². The first-order valence-corrected chi connectivity index (χ1v) is 8.27. The molecule has 3 rings (SSSR count). The Morgan fingerprint density at radius 2 is 1.85 bits per heavy atom. The molecule has 0 atom stereocenters. The average Bonchev–Trinajstić information content (AvgIpc) is 3.05. The van der Waals surface area contributed by atoms with Gasteiger partial charge in [-0.2, -0.15) is 0 Å². The van der Waals surface area contributed by atoms with Gasteiger partial charge in [0.2, 0.25) is 0 Å². The van der Waals surface area contributed by atoms with Crippen LogP contribution in [0.4, 0.5) is 19.3 Å². The number of nitrogens with one attached hydrogen (secondary N) is 2. The topological polar surface area (TPSA) is 46.1 Å². The molecule has 2 N–H and O–H groups in total. The van der Waals surface area contributed by atoms with Crippen LogP contribution in [0.1, 0.15) is 11.3 Å². The SMILES string of the molecule is O=C(NCc1cccn1Cc1ccc(F)cc1)Nc1ccc(F)c(Cl)c1. The Bertz CT molecular complexity index is 909. The van der Waals surface area contributed by atoms with E-state index in [0.717, 1.165) is 11.3 Å². The van der Waals surface area contributed by atoms with Crippen LogP contribution in [0.3, 0.4) is 0 Å². The number of aromatic nitrogens is 1. The number of rotatable bonds is 5. The molecule has 0 aliphatic rings. The first-order valence-electron chi connectivity index (χ1n) is 7.89. The molecule has 1 heterocycles. The average molecular weight is 376 g/mol. The summed E-state index contributed by atoms with van der Waals surface area (Å²) >= 11 is 5.69. The van der Waals surface area contributed by atoms with Crippen LogP contribution in [0.2, 0.25) is 5.02 Å². The van der Waals surface area contributed by atoms with Crippen molar-refractivity contribution in [1.82, 2.24) is 9.88 Å². The lowest BCUT2D eigenvalue weighted by Gasteiger charge is -2.11. The van der Waals surface area contributed by atoms with Crippen molar-refractivity contribution in [3.05, 3.63) is 88.7 Å². The molecule has 0 spiro atoms. The quantitative estimate of drug-likeness (QED) is 0.661. The molecule has 0 saturated heterocycles. The summed E-state index contributed by atoms with van der Waals surface area (Å²) < 4.78 is 28.1. The van der Waals surface area contributed by atoms with Crippen molar-refractivity contribution in [1.29, 1.82) is 0 Å². The number of benzene rings is 2. The van der Waals surface area contributed by atoms with Gasteiger partial charge in [0.05, 0.1) is 11.6 Å². The summed E-state index contributed by atoms with van der Waals surface area (Å²) in [5, 5.41) is 5.27. The molecule has 4 nitrogen and oxygen atoms in total. The second kappa shape index (κ2) is 8.01. The van der Waals surface area contributed by atoms with E-state index >= 15 is 0 Å². The summed E-state index contributed by atoms with van der Waals surface area (Å²) in [5.41, 5.74) is 2.24. The molecule has 0 fully saturated rings. The van der Waals surface area contributed by atoms with Gasteiger partial charge in [0.1, 0.15) is 11.6 Å². The zero-order valence-corrected chi connectivity index (χ0v) is 14.4. The molecule has 0 aliphatic carbocycles. The predicted octanol–water partition coefficient (Wildman–Crippen LogP) is 4.79. The largest absolute Gasteiger partial charge is 0.345 e. The molecule has 26 heavy (non-hydrogen) atoms. The maximum atomic E-state index is 13.1. The molecule has 2 aromatic carbocycles. The number of amides is 2. The van der Waals surface area contributed by atoms with Gasteiger partial charge in [0, 0.05) is 24.1 Å². The maximum absolute atomic E-state index is 13.1. The molecule has 2 amide bonds. The van der Waals surface area contributed by atoms with Crippen LogP contribution >= 0.6 is 11.6 Å². The van der Waals surface area contributed by atoms with Crippen molar-refractivity contribution in [3.63, 3.8) is 0 Å². The van der Waals surface area contributed by atoms with E-state index in [4.69, 9.17) is 11.6 Å². The van der Waals surface area contributed by atoms with Crippen molar-refractivity contribution < 1.29 is 13.6 Å². The summed E-state index contributed by atoms with van der Waals surface area (Å²) in [6, 6.07) is 13.6. The number of urea groups is 1. The van der Waals surface area contributed by atoms with Gasteiger partial charge in [-0.25, -0.2) is 13.6 Å². The minimum atomic E-state index is -0.545. The summed E-state index contributed by atoms with van der Waals surface area (Å²) in [6.45, 7) is 0.869. The summed E-state index contributed by atoms with van der Waals surface area (Å²) in [7, 11) is 0. The van der Waals surface area contributed by atoms with Crippen LogP contribution < -0.4 is 10.6 Å². The van der Waals surface area contributed by atoms with Gasteiger partial charge >= 0.3 is 6.03 Å². The van der Waals surface area contributed by atoms with E-state index in [1.807, 2.05) is 22.9 Å². The fourth-order valence-corrected chi connectivity index (χ4v) is 2.65. The second-order valence-electron chi connectivity index (χ2n) is 5.69. The van der Waals surface area contributed by atoms with E-state index in [-0.39, 0.29) is 10.8 Å². The molecule has 3 aromatic rings. The van der Waals surface area contributed by atoms with Crippen molar-refractivity contribution in [2.75, 3.05) is 5.32 Å². The lowest BCUT2D eigenvalue weighted by atomic mass is 10.2. The first kappa shape index (κ1) is 17.9. The zero-order valence-electron chi connectivity index (χ0n) is 13.7. The first-order chi connectivity index (χ1) is 12.5. The molecule has 1 aromatic heterocycles. The van der Waals surface area contributed by atoms with Crippen molar-refractivity contribution in [2.45, 2.75) is 13.1 Å². The highest BCUT2D eigenvalue weighted by molar-refractivity contribution is 6.31. The minimum absolute atomic E-state index is 0.0593. The molecule has 0 radical (unpaired) electrons. The fraction of sp³-hybridized carbons (Fsp3) is 0.105. The monoisotopic (exact) mass is 375 g/mol. The Balaban J connectivity index is 1.58. The normalized spacial score (nSPS) is 10.6. The molecule has 134 valence electrons. The van der Waals surface area contributed by atoms with Gasteiger partial charge in [-0.15, -0.1) is 0 Å². The summed E-state index contributed by atoms with van der Waals surface area (Å²) in [5.74, 6) is -0.822. The van der Waals surface area contributed by atoms with Crippen molar-refractivity contribution >= 4 is 23.3 Å². The van der Waals surface area contributed by atoms with Gasteiger partial charge < -0.3 is 15.2 Å². The molecule has 0 bridgehead atoms. The van der Waals surface area contributed by atoms with E-state index in [1.165, 1.54) is 30.3 Å². The van der Waals surface area contributed by atoms with Gasteiger partial charge in [-0.1, -0.05) is 23.7 Å². The number of hydrogen-bond donors (Lipinski definition) is 2. The number of anilines is 1. The van der Waals surface area contributed by atoms with E-state index in [2.05, 4.69) is 10.6 Å². The molecule has 0 unspecified atom stereocenters. The van der Waals surface area contributed by atoms with Gasteiger partial charge in [0.25, 0.3) is 0 Å². The number of nitrogens with zero attached hydrogens (tertiary/aromatic N) is 1. The Morgan fingerprint density at radius 1 is 1.08 bits per heavy atom. The Kier molecular flexibility index (Phi) is 5.53. The predicted molar refractivity (Wildman–Crippen MR) is 97.2 cm³/mol. The van der Waals surface area contributed by atoms with E-state index in [9.17, 15) is 13.6 Å². The zero-order chi connectivity index (χ0) is 18.5. The Labute approximate surface area is 154 Å². The van der Waals surface area contributed by atoms with E-state index in [1.54, 1.807) is 12.1 Å². The summed E-state index contributed by atoms with van der Waals surface area (Å²) in [4.78, 5) is 12.0. The van der Waals surface area contributed by atoms with Crippen LogP contribution in [0, 0.1) is 11.6 Å². The Hall–Kier alpha value is -2.86. The smallest absolute Gasteiger partial charge is 0.319 e. The molecule has 7 heteroatoms. The third kappa shape index (κ3) is 4.61. The summed E-state index contributed by atoms with van der Waals surface area (Å²) in [6.07, 6.45) is 1.89. The van der Waals surface area contributed by atoms with E-state index < -0.39 is 11.8 Å². The number of halogens is 3. The second-order valence-corrected chi connectivity index (χ2v) is 6.10. The number of carbonyl (C=O) groups excluding carboxylic acids is 1. The highest BCUT2D eigenvalue weighted by Gasteiger charge is 2.07. The number of carbonyl (C=O) groups is 1. The van der Waals surface area contributed by atoms with Crippen LogP contribution in [0.25, 0.3) is 0 Å². The third-order valence-corrected chi connectivity index (χ3v) is 4.09. The third-order valence-electron chi connectivity index (χ3n) is 3.80. The Morgan fingerprint density at radius 3 is 2.58 bits per heavy atom. The maximum Gasteiger partial charge on any atom is 0.319 e. The van der Waals surface area contributed by atoms with E-state index in [0.29, 0.717) is 18.8 Å². The standard InChI is InChI=1S/C19H16ClF2N3O/c20-17-10-15(7-8-18(17)22)24-19(26)23-11-16-2-1-9-25(16)12-13-3-5-14(21)6-4-13/h1-10H,11-12H2,(H2,23,24,26). The van der Waals surface area contributed by atoms with Crippen LogP contribution in [0.5, 0.6) is 0 Å². The molecule has 0 saturated carbocycles. The molecular weight excluding hydrogens is 360 g/mol.